The zero-order chi connectivity index (χ0) is 20.7. The van der Waals surface area contributed by atoms with Gasteiger partial charge in [-0.05, 0) is 48.2 Å². The zero-order valence-electron chi connectivity index (χ0n) is 15.9. The van der Waals surface area contributed by atoms with Crippen LogP contribution in [0.3, 0.4) is 0 Å². The van der Waals surface area contributed by atoms with Gasteiger partial charge < -0.3 is 5.11 Å². The summed E-state index contributed by atoms with van der Waals surface area (Å²) in [5, 5.41) is 10.7. The van der Waals surface area contributed by atoms with Crippen LogP contribution >= 0.6 is 23.2 Å². The van der Waals surface area contributed by atoms with Crippen LogP contribution in [0.1, 0.15) is 25.8 Å². The molecule has 2 aromatic rings. The lowest BCUT2D eigenvalue weighted by atomic mass is 10.0. The largest absolute Gasteiger partial charge is 0.395 e. The topological polar surface area (TPSA) is 57.6 Å². The maximum atomic E-state index is 13.3. The molecule has 0 saturated carbocycles. The molecule has 0 aliphatic rings. The first-order valence-electron chi connectivity index (χ1n) is 9.03. The SMILES string of the molecule is CC(C)CC(CO)N(C/C(Cl)=C/c1ccccc1)S(=O)(=O)c1ccc(Cl)cc1. The van der Waals surface area contributed by atoms with Crippen molar-refractivity contribution in [3.8, 4) is 0 Å². The van der Waals surface area contributed by atoms with E-state index in [0.29, 0.717) is 16.5 Å². The van der Waals surface area contributed by atoms with Crippen LogP contribution in [-0.2, 0) is 10.0 Å². The average Bonchev–Trinajstić information content (AvgIpc) is 2.65. The minimum absolute atomic E-state index is 0.0284. The molecule has 2 aromatic carbocycles. The van der Waals surface area contributed by atoms with Gasteiger partial charge in [-0.3, -0.25) is 0 Å². The monoisotopic (exact) mass is 441 g/mol. The Kier molecular flexibility index (Phi) is 8.53. The van der Waals surface area contributed by atoms with E-state index in [-0.39, 0.29) is 24.0 Å². The van der Waals surface area contributed by atoms with Gasteiger partial charge in [-0.2, -0.15) is 4.31 Å². The van der Waals surface area contributed by atoms with E-state index >= 15 is 0 Å². The van der Waals surface area contributed by atoms with Gasteiger partial charge in [0.25, 0.3) is 0 Å². The van der Waals surface area contributed by atoms with Gasteiger partial charge >= 0.3 is 0 Å². The van der Waals surface area contributed by atoms with Gasteiger partial charge in [0.2, 0.25) is 10.0 Å². The summed E-state index contributed by atoms with van der Waals surface area (Å²) in [5.74, 6) is 0.206. The number of aliphatic hydroxyl groups excluding tert-OH is 1. The van der Waals surface area contributed by atoms with E-state index in [1.165, 1.54) is 28.6 Å². The van der Waals surface area contributed by atoms with Gasteiger partial charge in [0, 0.05) is 16.1 Å². The first-order valence-corrected chi connectivity index (χ1v) is 11.2. The molecule has 0 bridgehead atoms. The summed E-state index contributed by atoms with van der Waals surface area (Å²) in [5.41, 5.74) is 0.876. The van der Waals surface area contributed by atoms with Crippen LogP contribution in [0.2, 0.25) is 5.02 Å². The standard InChI is InChI=1S/C21H25Cl2NO3S/c1-16(2)12-20(15-25)24(14-19(23)13-17-6-4-3-5-7-17)28(26,27)21-10-8-18(22)9-11-21/h3-11,13,16,20,25H,12,14-15H2,1-2H3/b19-13-. The quantitative estimate of drug-likeness (QED) is 0.594. The van der Waals surface area contributed by atoms with E-state index in [1.54, 1.807) is 6.08 Å². The summed E-state index contributed by atoms with van der Waals surface area (Å²) in [4.78, 5) is 0.114. The van der Waals surface area contributed by atoms with E-state index in [1.807, 2.05) is 44.2 Å². The van der Waals surface area contributed by atoms with Crippen molar-refractivity contribution >= 4 is 39.3 Å². The summed E-state index contributed by atoms with van der Waals surface area (Å²) < 4.78 is 27.9. The molecule has 0 fully saturated rings. The summed E-state index contributed by atoms with van der Waals surface area (Å²) in [6, 6.07) is 14.8. The van der Waals surface area contributed by atoms with E-state index in [9.17, 15) is 13.5 Å². The molecule has 7 heteroatoms. The van der Waals surface area contributed by atoms with Crippen LogP contribution < -0.4 is 0 Å². The average molecular weight is 442 g/mol. The number of nitrogens with zero attached hydrogens (tertiary/aromatic N) is 1. The number of benzene rings is 2. The Labute approximate surface area is 177 Å². The molecule has 4 nitrogen and oxygen atoms in total. The Bertz CT molecular complexity index is 882. The fourth-order valence-electron chi connectivity index (χ4n) is 2.90. The number of sulfonamides is 1. The third-order valence-corrected chi connectivity index (χ3v) is 6.60. The Morgan fingerprint density at radius 3 is 2.25 bits per heavy atom. The van der Waals surface area contributed by atoms with Gasteiger partial charge in [0.15, 0.2) is 0 Å². The molecule has 0 saturated heterocycles. The van der Waals surface area contributed by atoms with Crippen molar-refractivity contribution in [2.75, 3.05) is 13.2 Å². The fraction of sp³-hybridized carbons (Fsp3) is 0.333. The normalized spacial score (nSPS) is 13.9. The van der Waals surface area contributed by atoms with Crippen LogP contribution in [0.15, 0.2) is 64.5 Å². The number of rotatable bonds is 9. The maximum Gasteiger partial charge on any atom is 0.243 e. The van der Waals surface area contributed by atoms with Crippen molar-refractivity contribution in [1.82, 2.24) is 4.31 Å². The van der Waals surface area contributed by atoms with Crippen molar-refractivity contribution in [2.24, 2.45) is 5.92 Å². The van der Waals surface area contributed by atoms with Gasteiger partial charge in [0.05, 0.1) is 18.0 Å². The predicted octanol–water partition coefficient (Wildman–Crippen LogP) is 5.02. The molecular weight excluding hydrogens is 417 g/mol. The summed E-state index contributed by atoms with van der Waals surface area (Å²) in [7, 11) is -3.87. The Hall–Kier alpha value is -1.37. The van der Waals surface area contributed by atoms with E-state index in [4.69, 9.17) is 23.2 Å². The Balaban J connectivity index is 2.41. The minimum Gasteiger partial charge on any atom is -0.395 e. The molecule has 0 aliphatic heterocycles. The van der Waals surface area contributed by atoms with E-state index in [2.05, 4.69) is 0 Å². The van der Waals surface area contributed by atoms with Crippen molar-refractivity contribution in [2.45, 2.75) is 31.2 Å². The van der Waals surface area contributed by atoms with Crippen LogP contribution in [0.5, 0.6) is 0 Å². The highest BCUT2D eigenvalue weighted by Crippen LogP contribution is 2.25. The van der Waals surface area contributed by atoms with Gasteiger partial charge in [0.1, 0.15) is 0 Å². The van der Waals surface area contributed by atoms with Crippen molar-refractivity contribution in [3.05, 3.63) is 70.2 Å². The third-order valence-electron chi connectivity index (χ3n) is 4.21. The molecular formula is C21H25Cl2NO3S. The van der Waals surface area contributed by atoms with Crippen LogP contribution in [0.4, 0.5) is 0 Å². The first kappa shape index (κ1) is 22.9. The highest BCUT2D eigenvalue weighted by Gasteiger charge is 2.32. The first-order chi connectivity index (χ1) is 13.2. The molecule has 0 spiro atoms. The lowest BCUT2D eigenvalue weighted by Gasteiger charge is -2.30. The lowest BCUT2D eigenvalue weighted by molar-refractivity contribution is 0.174. The highest BCUT2D eigenvalue weighted by molar-refractivity contribution is 7.89. The van der Waals surface area contributed by atoms with Crippen LogP contribution in [0.25, 0.3) is 6.08 Å². The summed E-state index contributed by atoms with van der Waals surface area (Å²) in [6.07, 6.45) is 2.24. The zero-order valence-corrected chi connectivity index (χ0v) is 18.3. The smallest absolute Gasteiger partial charge is 0.243 e. The van der Waals surface area contributed by atoms with Crippen LogP contribution in [0, 0.1) is 5.92 Å². The minimum atomic E-state index is -3.87. The summed E-state index contributed by atoms with van der Waals surface area (Å²) >= 11 is 12.3. The second kappa shape index (κ2) is 10.4. The van der Waals surface area contributed by atoms with Crippen LogP contribution in [-0.4, -0.2) is 37.0 Å². The molecule has 2 rings (SSSR count). The highest BCUT2D eigenvalue weighted by atomic mass is 35.5. The maximum absolute atomic E-state index is 13.3. The van der Waals surface area contributed by atoms with Crippen molar-refractivity contribution in [1.29, 1.82) is 0 Å². The van der Waals surface area contributed by atoms with E-state index < -0.39 is 16.1 Å². The second-order valence-corrected chi connectivity index (χ2v) is 9.78. The van der Waals surface area contributed by atoms with Gasteiger partial charge in [-0.1, -0.05) is 67.4 Å². The molecule has 0 radical (unpaired) electrons. The molecule has 0 heterocycles. The molecule has 0 aliphatic carbocycles. The van der Waals surface area contributed by atoms with Crippen molar-refractivity contribution in [3.63, 3.8) is 0 Å². The Morgan fingerprint density at radius 2 is 1.71 bits per heavy atom. The van der Waals surface area contributed by atoms with Gasteiger partial charge in [-0.15, -0.1) is 0 Å². The molecule has 1 unspecified atom stereocenters. The number of hydrogen-bond donors (Lipinski definition) is 1. The number of aliphatic hydroxyl groups is 1. The van der Waals surface area contributed by atoms with E-state index in [0.717, 1.165) is 5.56 Å². The van der Waals surface area contributed by atoms with Crippen molar-refractivity contribution < 1.29 is 13.5 Å². The fourth-order valence-corrected chi connectivity index (χ4v) is 4.96. The molecule has 0 aromatic heterocycles. The van der Waals surface area contributed by atoms with Gasteiger partial charge in [-0.25, -0.2) is 8.42 Å². The second-order valence-electron chi connectivity index (χ2n) is 6.97. The molecule has 152 valence electrons. The molecule has 0 amide bonds. The molecule has 1 N–H and O–H groups in total. The Morgan fingerprint density at radius 1 is 1.11 bits per heavy atom. The number of hydrogen-bond acceptors (Lipinski definition) is 3. The predicted molar refractivity (Wildman–Crippen MR) is 116 cm³/mol. The molecule has 1 atom stereocenters. The number of halogens is 2. The molecule has 28 heavy (non-hydrogen) atoms. The third kappa shape index (κ3) is 6.33. The summed E-state index contributed by atoms with van der Waals surface area (Å²) in [6.45, 7) is 3.65. The lowest BCUT2D eigenvalue weighted by Crippen LogP contribution is -2.43.